The summed E-state index contributed by atoms with van der Waals surface area (Å²) in [6.45, 7) is 2.91. The SMILES string of the molecule is O=C(CCc1cccc2ccccc12)NCc1ccc(N2CCCCC2)cc1. The van der Waals surface area contributed by atoms with Gasteiger partial charge in [-0.3, -0.25) is 4.79 Å². The Balaban J connectivity index is 1.28. The molecule has 3 nitrogen and oxygen atoms in total. The minimum absolute atomic E-state index is 0.105. The highest BCUT2D eigenvalue weighted by Gasteiger charge is 2.10. The number of nitrogens with zero attached hydrogens (tertiary/aromatic N) is 1. The standard InChI is InChI=1S/C25H28N2O/c28-25(16-13-22-9-6-8-21-7-2-3-10-24(21)22)26-19-20-11-14-23(15-12-20)27-17-4-1-5-18-27/h2-3,6-12,14-15H,1,4-5,13,16-19H2,(H,26,28). The van der Waals surface area contributed by atoms with Crippen molar-refractivity contribution in [2.75, 3.05) is 18.0 Å². The number of aryl methyl sites for hydroxylation is 1. The molecule has 0 atom stereocenters. The molecule has 1 N–H and O–H groups in total. The summed E-state index contributed by atoms with van der Waals surface area (Å²) in [5.74, 6) is 0.105. The molecule has 1 saturated heterocycles. The predicted octanol–water partition coefficient (Wildman–Crippen LogP) is 5.08. The van der Waals surface area contributed by atoms with Gasteiger partial charge in [0, 0.05) is 31.7 Å². The lowest BCUT2D eigenvalue weighted by molar-refractivity contribution is -0.121. The molecule has 4 rings (SSSR count). The number of hydrogen-bond donors (Lipinski definition) is 1. The second-order valence-corrected chi connectivity index (χ2v) is 7.63. The van der Waals surface area contributed by atoms with Crippen molar-refractivity contribution in [2.45, 2.75) is 38.6 Å². The maximum absolute atomic E-state index is 12.3. The van der Waals surface area contributed by atoms with E-state index in [9.17, 15) is 4.79 Å². The van der Waals surface area contributed by atoms with Crippen LogP contribution in [-0.4, -0.2) is 19.0 Å². The molecule has 0 bridgehead atoms. The fourth-order valence-corrected chi connectivity index (χ4v) is 4.02. The van der Waals surface area contributed by atoms with Crippen LogP contribution in [0.15, 0.2) is 66.7 Å². The van der Waals surface area contributed by atoms with E-state index < -0.39 is 0 Å². The van der Waals surface area contributed by atoms with Gasteiger partial charge in [0.1, 0.15) is 0 Å². The molecule has 0 spiro atoms. The van der Waals surface area contributed by atoms with Crippen LogP contribution in [0, 0.1) is 0 Å². The zero-order valence-corrected chi connectivity index (χ0v) is 16.4. The summed E-state index contributed by atoms with van der Waals surface area (Å²) < 4.78 is 0. The van der Waals surface area contributed by atoms with E-state index in [1.54, 1.807) is 0 Å². The van der Waals surface area contributed by atoms with E-state index in [4.69, 9.17) is 0 Å². The van der Waals surface area contributed by atoms with Gasteiger partial charge in [-0.1, -0.05) is 54.6 Å². The van der Waals surface area contributed by atoms with Crippen molar-refractivity contribution in [2.24, 2.45) is 0 Å². The number of nitrogens with one attached hydrogen (secondary N) is 1. The number of carbonyl (C=O) groups excluding carboxylic acids is 1. The average molecular weight is 373 g/mol. The van der Waals surface area contributed by atoms with E-state index in [1.807, 2.05) is 0 Å². The second-order valence-electron chi connectivity index (χ2n) is 7.63. The first-order chi connectivity index (χ1) is 13.8. The average Bonchev–Trinajstić information content (AvgIpc) is 2.77. The molecule has 3 heteroatoms. The Morgan fingerprint density at radius 3 is 2.43 bits per heavy atom. The molecule has 1 amide bonds. The molecule has 1 fully saturated rings. The molecular formula is C25H28N2O. The van der Waals surface area contributed by atoms with Crippen molar-refractivity contribution in [3.05, 3.63) is 77.9 Å². The molecule has 0 unspecified atom stereocenters. The zero-order chi connectivity index (χ0) is 19.2. The van der Waals surface area contributed by atoms with Crippen LogP contribution in [0.2, 0.25) is 0 Å². The molecule has 144 valence electrons. The van der Waals surface area contributed by atoms with E-state index in [0.717, 1.165) is 25.1 Å². The van der Waals surface area contributed by atoms with Crippen molar-refractivity contribution < 1.29 is 4.79 Å². The van der Waals surface area contributed by atoms with Crippen LogP contribution < -0.4 is 10.2 Å². The monoisotopic (exact) mass is 372 g/mol. The first kappa shape index (κ1) is 18.5. The summed E-state index contributed by atoms with van der Waals surface area (Å²) in [5, 5.41) is 5.54. The van der Waals surface area contributed by atoms with Crippen molar-refractivity contribution >= 4 is 22.4 Å². The fourth-order valence-electron chi connectivity index (χ4n) is 4.02. The van der Waals surface area contributed by atoms with Crippen molar-refractivity contribution in [1.82, 2.24) is 5.32 Å². The number of rotatable bonds is 6. The van der Waals surface area contributed by atoms with Gasteiger partial charge in [-0.25, -0.2) is 0 Å². The van der Waals surface area contributed by atoms with E-state index in [0.29, 0.717) is 13.0 Å². The molecular weight excluding hydrogens is 344 g/mol. The minimum Gasteiger partial charge on any atom is -0.372 e. The smallest absolute Gasteiger partial charge is 0.220 e. The highest BCUT2D eigenvalue weighted by molar-refractivity contribution is 5.86. The van der Waals surface area contributed by atoms with Crippen molar-refractivity contribution in [3.63, 3.8) is 0 Å². The quantitative estimate of drug-likeness (QED) is 0.654. The summed E-state index contributed by atoms with van der Waals surface area (Å²) in [5.41, 5.74) is 3.68. The Bertz CT molecular complexity index is 921. The van der Waals surface area contributed by atoms with Gasteiger partial charge in [0.25, 0.3) is 0 Å². The highest BCUT2D eigenvalue weighted by atomic mass is 16.1. The third-order valence-corrected chi connectivity index (χ3v) is 5.65. The molecule has 3 aromatic rings. The fraction of sp³-hybridized carbons (Fsp3) is 0.320. The summed E-state index contributed by atoms with van der Waals surface area (Å²) in [6.07, 6.45) is 5.20. The summed E-state index contributed by atoms with van der Waals surface area (Å²) >= 11 is 0. The third-order valence-electron chi connectivity index (χ3n) is 5.65. The highest BCUT2D eigenvalue weighted by Crippen LogP contribution is 2.21. The number of hydrogen-bond acceptors (Lipinski definition) is 2. The Morgan fingerprint density at radius 1 is 0.857 bits per heavy atom. The lowest BCUT2D eigenvalue weighted by Gasteiger charge is -2.28. The van der Waals surface area contributed by atoms with Gasteiger partial charge in [-0.2, -0.15) is 0 Å². The topological polar surface area (TPSA) is 32.3 Å². The van der Waals surface area contributed by atoms with Gasteiger partial charge < -0.3 is 10.2 Å². The largest absolute Gasteiger partial charge is 0.372 e. The van der Waals surface area contributed by atoms with Gasteiger partial charge in [0.15, 0.2) is 0 Å². The zero-order valence-electron chi connectivity index (χ0n) is 16.4. The number of benzene rings is 3. The van der Waals surface area contributed by atoms with Gasteiger partial charge in [0.05, 0.1) is 0 Å². The van der Waals surface area contributed by atoms with Gasteiger partial charge in [0.2, 0.25) is 5.91 Å². The van der Waals surface area contributed by atoms with Crippen molar-refractivity contribution in [3.8, 4) is 0 Å². The number of piperidine rings is 1. The minimum atomic E-state index is 0.105. The van der Waals surface area contributed by atoms with E-state index in [-0.39, 0.29) is 5.91 Å². The predicted molar refractivity (Wildman–Crippen MR) is 117 cm³/mol. The maximum atomic E-state index is 12.3. The molecule has 0 saturated carbocycles. The van der Waals surface area contributed by atoms with Crippen molar-refractivity contribution in [1.29, 1.82) is 0 Å². The van der Waals surface area contributed by atoms with Crippen LogP contribution in [0.4, 0.5) is 5.69 Å². The first-order valence-corrected chi connectivity index (χ1v) is 10.4. The first-order valence-electron chi connectivity index (χ1n) is 10.4. The second kappa shape index (κ2) is 8.92. The van der Waals surface area contributed by atoms with E-state index >= 15 is 0 Å². The summed E-state index contributed by atoms with van der Waals surface area (Å²) in [7, 11) is 0. The Morgan fingerprint density at radius 2 is 1.61 bits per heavy atom. The van der Waals surface area contributed by atoms with Crippen LogP contribution in [0.3, 0.4) is 0 Å². The number of carbonyl (C=O) groups is 1. The number of fused-ring (bicyclic) bond motifs is 1. The third kappa shape index (κ3) is 4.53. The van der Waals surface area contributed by atoms with E-state index in [2.05, 4.69) is 76.9 Å². The number of amides is 1. The molecule has 0 aromatic heterocycles. The van der Waals surface area contributed by atoms with Crippen LogP contribution >= 0.6 is 0 Å². The summed E-state index contributed by atoms with van der Waals surface area (Å²) in [6, 6.07) is 23.3. The Hall–Kier alpha value is -2.81. The normalized spacial score (nSPS) is 14.2. The maximum Gasteiger partial charge on any atom is 0.220 e. The molecule has 1 aliphatic rings. The van der Waals surface area contributed by atoms with Crippen LogP contribution in [0.25, 0.3) is 10.8 Å². The summed E-state index contributed by atoms with van der Waals surface area (Å²) in [4.78, 5) is 14.8. The lowest BCUT2D eigenvalue weighted by Crippen LogP contribution is -2.29. The van der Waals surface area contributed by atoms with Crippen LogP contribution in [-0.2, 0) is 17.8 Å². The molecule has 28 heavy (non-hydrogen) atoms. The van der Waals surface area contributed by atoms with Crippen LogP contribution in [0.5, 0.6) is 0 Å². The molecule has 1 aliphatic heterocycles. The molecule has 0 aliphatic carbocycles. The van der Waals surface area contributed by atoms with Crippen LogP contribution in [0.1, 0.15) is 36.8 Å². The lowest BCUT2D eigenvalue weighted by atomic mass is 10.0. The van der Waals surface area contributed by atoms with Gasteiger partial charge >= 0.3 is 0 Å². The Kier molecular flexibility index (Phi) is 5.91. The molecule has 3 aromatic carbocycles. The Labute approximate surface area is 167 Å². The molecule has 0 radical (unpaired) electrons. The van der Waals surface area contributed by atoms with Gasteiger partial charge in [-0.15, -0.1) is 0 Å². The number of anilines is 1. The van der Waals surface area contributed by atoms with E-state index in [1.165, 1.54) is 41.3 Å². The molecule has 1 heterocycles. The van der Waals surface area contributed by atoms with Gasteiger partial charge in [-0.05, 0) is 59.7 Å².